The molecular weight excluding hydrogens is 164 g/mol. The lowest BCUT2D eigenvalue weighted by Gasteiger charge is -2.19. The van der Waals surface area contributed by atoms with E-state index in [0.29, 0.717) is 0 Å². The van der Waals surface area contributed by atoms with E-state index in [-0.39, 0.29) is 17.8 Å². The van der Waals surface area contributed by atoms with Crippen LogP contribution in [0.15, 0.2) is 18.2 Å². The molecule has 0 fully saturated rings. The van der Waals surface area contributed by atoms with Crippen LogP contribution in [0, 0.1) is 0 Å². The van der Waals surface area contributed by atoms with Gasteiger partial charge in [0.2, 0.25) is 0 Å². The second-order valence-corrected chi connectivity index (χ2v) is 4.30. The lowest BCUT2D eigenvalue weighted by atomic mass is 9.86. The normalized spacial score (nSPS) is 11.7. The van der Waals surface area contributed by atoms with Crippen molar-refractivity contribution in [3.8, 4) is 5.75 Å². The summed E-state index contributed by atoms with van der Waals surface area (Å²) in [6, 6.07) is 5.23. The van der Waals surface area contributed by atoms with Gasteiger partial charge in [0.15, 0.2) is 0 Å². The van der Waals surface area contributed by atoms with Crippen molar-refractivity contribution in [3.63, 3.8) is 0 Å². The molecule has 2 nitrogen and oxygen atoms in total. The fourth-order valence-electron chi connectivity index (χ4n) is 1.20. The molecule has 1 aromatic rings. The van der Waals surface area contributed by atoms with Crippen LogP contribution in [0.2, 0.25) is 0 Å². The van der Waals surface area contributed by atoms with Gasteiger partial charge in [-0.2, -0.15) is 0 Å². The average Bonchev–Trinajstić information content (AvgIpc) is 2.01. The van der Waals surface area contributed by atoms with Gasteiger partial charge in [-0.3, -0.25) is 0 Å². The lowest BCUT2D eigenvalue weighted by Crippen LogP contribution is -2.11. The zero-order chi connectivity index (χ0) is 10.1. The molecule has 0 bridgehead atoms. The van der Waals surface area contributed by atoms with E-state index in [0.717, 1.165) is 11.1 Å². The first-order valence-electron chi connectivity index (χ1n) is 4.38. The van der Waals surface area contributed by atoms with Crippen molar-refractivity contribution < 1.29 is 10.2 Å². The fraction of sp³-hybridized carbons (Fsp3) is 0.455. The Morgan fingerprint density at radius 3 is 2.23 bits per heavy atom. The van der Waals surface area contributed by atoms with Gasteiger partial charge < -0.3 is 10.2 Å². The predicted molar refractivity (Wildman–Crippen MR) is 52.7 cm³/mol. The topological polar surface area (TPSA) is 40.5 Å². The summed E-state index contributed by atoms with van der Waals surface area (Å²) in [5, 5.41) is 18.3. The summed E-state index contributed by atoms with van der Waals surface area (Å²) in [5.74, 6) is 0.219. The minimum atomic E-state index is -0.0303. The molecule has 13 heavy (non-hydrogen) atoms. The average molecular weight is 180 g/mol. The third kappa shape index (κ3) is 2.46. The third-order valence-electron chi connectivity index (χ3n) is 2.03. The van der Waals surface area contributed by atoms with Crippen molar-refractivity contribution in [2.75, 3.05) is 0 Å². The summed E-state index contributed by atoms with van der Waals surface area (Å²) in [4.78, 5) is 0. The Labute approximate surface area is 78.8 Å². The van der Waals surface area contributed by atoms with Crippen molar-refractivity contribution in [3.05, 3.63) is 29.3 Å². The van der Waals surface area contributed by atoms with Crippen molar-refractivity contribution in [1.82, 2.24) is 0 Å². The highest BCUT2D eigenvalue weighted by Gasteiger charge is 2.14. The third-order valence-corrected chi connectivity index (χ3v) is 2.03. The maximum absolute atomic E-state index is 9.38. The van der Waals surface area contributed by atoms with Crippen LogP contribution in [0.4, 0.5) is 0 Å². The molecule has 0 spiro atoms. The summed E-state index contributed by atoms with van der Waals surface area (Å²) in [5.41, 5.74) is 1.80. The number of phenolic OH excluding ortho intramolecular Hbond substituents is 1. The van der Waals surface area contributed by atoms with Gasteiger partial charge in [-0.1, -0.05) is 26.8 Å². The zero-order valence-corrected chi connectivity index (χ0v) is 8.33. The Morgan fingerprint density at radius 1 is 1.15 bits per heavy atom. The predicted octanol–water partition coefficient (Wildman–Crippen LogP) is 2.18. The molecular formula is C11H16O2. The van der Waals surface area contributed by atoms with Gasteiger partial charge in [-0.15, -0.1) is 0 Å². The molecule has 0 atom stereocenters. The smallest absolute Gasteiger partial charge is 0.116 e. The maximum Gasteiger partial charge on any atom is 0.116 e. The van der Waals surface area contributed by atoms with E-state index >= 15 is 0 Å². The molecule has 0 aromatic heterocycles. The summed E-state index contributed by atoms with van der Waals surface area (Å²) in [6.45, 7) is 6.19. The molecule has 0 aliphatic carbocycles. The molecule has 0 aliphatic heterocycles. The highest BCUT2D eigenvalue weighted by atomic mass is 16.3. The number of hydrogen-bond acceptors (Lipinski definition) is 2. The summed E-state index contributed by atoms with van der Waals surface area (Å²) < 4.78 is 0. The van der Waals surface area contributed by atoms with Crippen molar-refractivity contribution >= 4 is 0 Å². The molecule has 0 saturated heterocycles. The van der Waals surface area contributed by atoms with Crippen molar-refractivity contribution in [2.45, 2.75) is 32.8 Å². The highest BCUT2D eigenvalue weighted by molar-refractivity contribution is 5.36. The molecule has 1 rings (SSSR count). The summed E-state index contributed by atoms with van der Waals surface area (Å²) >= 11 is 0. The number of phenols is 1. The minimum Gasteiger partial charge on any atom is -0.508 e. The SMILES string of the molecule is CC(C)(C)c1cc(O)cc(CO)c1. The minimum absolute atomic E-state index is 0.00264. The summed E-state index contributed by atoms with van der Waals surface area (Å²) in [7, 11) is 0. The van der Waals surface area contributed by atoms with E-state index in [1.54, 1.807) is 12.1 Å². The molecule has 0 heterocycles. The molecule has 0 aliphatic rings. The first-order valence-corrected chi connectivity index (χ1v) is 4.38. The number of aliphatic hydroxyl groups is 1. The van der Waals surface area contributed by atoms with Crippen LogP contribution in [0.3, 0.4) is 0 Å². The Morgan fingerprint density at radius 2 is 1.77 bits per heavy atom. The van der Waals surface area contributed by atoms with Crippen LogP contribution in [-0.4, -0.2) is 10.2 Å². The highest BCUT2D eigenvalue weighted by Crippen LogP contribution is 2.26. The molecule has 2 heteroatoms. The monoisotopic (exact) mass is 180 g/mol. The van der Waals surface area contributed by atoms with Gasteiger partial charge in [0.05, 0.1) is 6.61 Å². The number of aromatic hydroxyl groups is 1. The van der Waals surface area contributed by atoms with Crippen LogP contribution in [0.5, 0.6) is 5.75 Å². The van der Waals surface area contributed by atoms with E-state index in [2.05, 4.69) is 20.8 Å². The van der Waals surface area contributed by atoms with Gasteiger partial charge in [-0.05, 0) is 28.7 Å². The molecule has 0 radical (unpaired) electrons. The van der Waals surface area contributed by atoms with Gasteiger partial charge in [0.25, 0.3) is 0 Å². The molecule has 0 unspecified atom stereocenters. The van der Waals surface area contributed by atoms with Crippen LogP contribution in [-0.2, 0) is 12.0 Å². The Balaban J connectivity index is 3.16. The first kappa shape index (κ1) is 10.1. The lowest BCUT2D eigenvalue weighted by molar-refractivity contribution is 0.281. The van der Waals surface area contributed by atoms with Gasteiger partial charge in [0, 0.05) is 0 Å². The second-order valence-electron chi connectivity index (χ2n) is 4.30. The van der Waals surface area contributed by atoms with Gasteiger partial charge in [0.1, 0.15) is 5.75 Å². The van der Waals surface area contributed by atoms with E-state index in [4.69, 9.17) is 5.11 Å². The number of benzene rings is 1. The zero-order valence-electron chi connectivity index (χ0n) is 8.33. The van der Waals surface area contributed by atoms with Gasteiger partial charge in [-0.25, -0.2) is 0 Å². The van der Waals surface area contributed by atoms with Crippen molar-refractivity contribution in [1.29, 1.82) is 0 Å². The van der Waals surface area contributed by atoms with E-state index < -0.39 is 0 Å². The summed E-state index contributed by atoms with van der Waals surface area (Å²) in [6.07, 6.45) is 0. The molecule has 0 amide bonds. The van der Waals surface area contributed by atoms with E-state index in [9.17, 15) is 5.11 Å². The van der Waals surface area contributed by atoms with Gasteiger partial charge >= 0.3 is 0 Å². The first-order chi connectivity index (χ1) is 5.93. The number of aliphatic hydroxyl groups excluding tert-OH is 1. The van der Waals surface area contributed by atoms with Crippen LogP contribution in [0.25, 0.3) is 0 Å². The Kier molecular flexibility index (Phi) is 2.62. The number of rotatable bonds is 1. The largest absolute Gasteiger partial charge is 0.508 e. The maximum atomic E-state index is 9.38. The molecule has 1 aromatic carbocycles. The number of hydrogen-bond donors (Lipinski definition) is 2. The van der Waals surface area contributed by atoms with E-state index in [1.807, 2.05) is 6.07 Å². The molecule has 72 valence electrons. The fourth-order valence-corrected chi connectivity index (χ4v) is 1.20. The quantitative estimate of drug-likeness (QED) is 0.695. The van der Waals surface area contributed by atoms with Crippen LogP contribution in [0.1, 0.15) is 31.9 Å². The molecule has 2 N–H and O–H groups in total. The van der Waals surface area contributed by atoms with E-state index in [1.165, 1.54) is 0 Å². The Hall–Kier alpha value is -1.02. The second kappa shape index (κ2) is 3.38. The van der Waals surface area contributed by atoms with Crippen molar-refractivity contribution in [2.24, 2.45) is 0 Å². The standard InChI is InChI=1S/C11H16O2/c1-11(2,3)9-4-8(7-12)5-10(13)6-9/h4-6,12-13H,7H2,1-3H3. The molecule has 0 saturated carbocycles. The van der Waals surface area contributed by atoms with Crippen LogP contribution >= 0.6 is 0 Å². The van der Waals surface area contributed by atoms with Crippen LogP contribution < -0.4 is 0 Å². The Bertz CT molecular complexity index is 297.